The summed E-state index contributed by atoms with van der Waals surface area (Å²) >= 11 is 0. The second-order valence-electron chi connectivity index (χ2n) is 8.04. The van der Waals surface area contributed by atoms with Crippen LogP contribution in [0, 0.1) is 5.92 Å². The molecule has 0 aromatic heterocycles. The molecule has 1 saturated carbocycles. The fraction of sp³-hybridized carbons (Fsp3) is 0.571. The van der Waals surface area contributed by atoms with Crippen LogP contribution in [0.4, 0.5) is 10.5 Å². The topological polar surface area (TPSA) is 76.2 Å². The van der Waals surface area contributed by atoms with Gasteiger partial charge in [0.25, 0.3) is 0 Å². The highest BCUT2D eigenvalue weighted by molar-refractivity contribution is 5.89. The predicted octanol–water partition coefficient (Wildman–Crippen LogP) is 0.917. The van der Waals surface area contributed by atoms with Crippen LogP contribution >= 0.6 is 0 Å². The van der Waals surface area contributed by atoms with E-state index in [2.05, 4.69) is 10.2 Å². The van der Waals surface area contributed by atoms with Crippen molar-refractivity contribution in [3.63, 3.8) is 0 Å². The van der Waals surface area contributed by atoms with Crippen LogP contribution in [-0.2, 0) is 9.59 Å². The Kier molecular flexibility index (Phi) is 5.99. The molecule has 156 valence electrons. The monoisotopic (exact) mass is 399 g/mol. The molecule has 0 atom stereocenters. The number of hydrogen-bond acceptors (Lipinski definition) is 4. The Morgan fingerprint density at radius 3 is 2.00 bits per heavy atom. The summed E-state index contributed by atoms with van der Waals surface area (Å²) in [6.07, 6.45) is 2.07. The van der Waals surface area contributed by atoms with E-state index in [1.807, 2.05) is 40.1 Å². The quantitative estimate of drug-likeness (QED) is 0.817. The molecule has 8 heteroatoms. The summed E-state index contributed by atoms with van der Waals surface area (Å²) in [6.45, 7) is 5.52. The number of urea groups is 1. The Bertz CT molecular complexity index is 736. The van der Waals surface area contributed by atoms with Gasteiger partial charge < -0.3 is 20.0 Å². The number of piperazine rings is 2. The molecule has 3 aliphatic rings. The van der Waals surface area contributed by atoms with Crippen LogP contribution in [-0.4, -0.2) is 96.3 Å². The molecule has 3 fully saturated rings. The van der Waals surface area contributed by atoms with Gasteiger partial charge in [-0.25, -0.2) is 4.79 Å². The molecule has 1 aromatic rings. The second kappa shape index (κ2) is 8.82. The first-order valence-corrected chi connectivity index (χ1v) is 10.5. The van der Waals surface area contributed by atoms with E-state index in [4.69, 9.17) is 0 Å². The lowest BCUT2D eigenvalue weighted by Gasteiger charge is -2.38. The molecule has 1 N–H and O–H groups in total. The van der Waals surface area contributed by atoms with Crippen molar-refractivity contribution >= 4 is 23.5 Å². The van der Waals surface area contributed by atoms with E-state index in [0.717, 1.165) is 44.7 Å². The molecule has 29 heavy (non-hydrogen) atoms. The van der Waals surface area contributed by atoms with Crippen molar-refractivity contribution in [1.82, 2.24) is 19.6 Å². The lowest BCUT2D eigenvalue weighted by molar-refractivity contribution is -0.136. The smallest absolute Gasteiger partial charge is 0.321 e. The van der Waals surface area contributed by atoms with Crippen LogP contribution in [0.5, 0.6) is 0 Å². The number of nitrogens with one attached hydrogen (secondary N) is 1. The van der Waals surface area contributed by atoms with E-state index in [-0.39, 0.29) is 17.9 Å². The predicted molar refractivity (Wildman–Crippen MR) is 109 cm³/mol. The normalized spacial score (nSPS) is 20.5. The Balaban J connectivity index is 1.17. The van der Waals surface area contributed by atoms with Crippen molar-refractivity contribution in [3.05, 3.63) is 30.3 Å². The van der Waals surface area contributed by atoms with E-state index >= 15 is 0 Å². The molecule has 0 bridgehead atoms. The molecule has 4 amide bonds. The van der Waals surface area contributed by atoms with Crippen LogP contribution in [0.25, 0.3) is 0 Å². The molecule has 0 radical (unpaired) electrons. The highest BCUT2D eigenvalue weighted by atomic mass is 16.2. The van der Waals surface area contributed by atoms with Gasteiger partial charge in [0.1, 0.15) is 0 Å². The van der Waals surface area contributed by atoms with E-state index in [9.17, 15) is 14.4 Å². The third-order valence-electron chi connectivity index (χ3n) is 5.91. The summed E-state index contributed by atoms with van der Waals surface area (Å²) < 4.78 is 0. The zero-order valence-electron chi connectivity index (χ0n) is 16.8. The largest absolute Gasteiger partial charge is 0.340 e. The first-order chi connectivity index (χ1) is 14.1. The molecule has 8 nitrogen and oxygen atoms in total. The summed E-state index contributed by atoms with van der Waals surface area (Å²) in [5, 5.41) is 2.89. The Morgan fingerprint density at radius 1 is 0.793 bits per heavy atom. The van der Waals surface area contributed by atoms with Gasteiger partial charge in [-0.05, 0) is 25.0 Å². The van der Waals surface area contributed by atoms with Crippen molar-refractivity contribution < 1.29 is 14.4 Å². The highest BCUT2D eigenvalue weighted by Crippen LogP contribution is 2.31. The van der Waals surface area contributed by atoms with E-state index in [1.165, 1.54) is 0 Å². The molecule has 0 spiro atoms. The Morgan fingerprint density at radius 2 is 1.38 bits per heavy atom. The summed E-state index contributed by atoms with van der Waals surface area (Å²) in [5.41, 5.74) is 0.773. The number of nitrogens with zero attached hydrogens (tertiary/aromatic N) is 4. The molecular formula is C21H29N5O3. The van der Waals surface area contributed by atoms with Crippen LogP contribution in [0.3, 0.4) is 0 Å². The molecule has 4 rings (SSSR count). The number of amides is 4. The molecule has 1 aromatic carbocycles. The maximum Gasteiger partial charge on any atom is 0.321 e. The van der Waals surface area contributed by atoms with Crippen molar-refractivity contribution in [3.8, 4) is 0 Å². The van der Waals surface area contributed by atoms with Crippen LogP contribution in [0.15, 0.2) is 30.3 Å². The number of hydrogen-bond donors (Lipinski definition) is 1. The maximum absolute atomic E-state index is 12.7. The average molecular weight is 399 g/mol. The Labute approximate surface area is 171 Å². The minimum Gasteiger partial charge on any atom is -0.340 e. The summed E-state index contributed by atoms with van der Waals surface area (Å²) in [7, 11) is 0. The van der Waals surface area contributed by atoms with Gasteiger partial charge in [-0.15, -0.1) is 0 Å². The van der Waals surface area contributed by atoms with Crippen LogP contribution < -0.4 is 5.32 Å². The lowest BCUT2D eigenvalue weighted by atomic mass is 10.2. The van der Waals surface area contributed by atoms with Crippen LogP contribution in [0.2, 0.25) is 0 Å². The zero-order valence-corrected chi connectivity index (χ0v) is 16.8. The number of para-hydroxylation sites is 1. The van der Waals surface area contributed by atoms with Gasteiger partial charge in [-0.3, -0.25) is 14.5 Å². The minimum absolute atomic E-state index is 0.107. The van der Waals surface area contributed by atoms with Gasteiger partial charge in [-0.1, -0.05) is 18.2 Å². The first-order valence-electron chi connectivity index (χ1n) is 10.5. The SMILES string of the molecule is O=C(CN1CCN(C(=O)C2CC2)CC1)N1CCN(C(=O)Nc2ccccc2)CC1. The fourth-order valence-electron chi connectivity index (χ4n) is 3.89. The van der Waals surface area contributed by atoms with Gasteiger partial charge in [0.2, 0.25) is 11.8 Å². The zero-order chi connectivity index (χ0) is 20.2. The highest BCUT2D eigenvalue weighted by Gasteiger charge is 2.35. The first kappa shape index (κ1) is 19.7. The average Bonchev–Trinajstić information content (AvgIpc) is 3.60. The fourth-order valence-corrected chi connectivity index (χ4v) is 3.89. The molecule has 2 saturated heterocycles. The van der Waals surface area contributed by atoms with Gasteiger partial charge in [0.15, 0.2) is 0 Å². The second-order valence-corrected chi connectivity index (χ2v) is 8.04. The summed E-state index contributed by atoms with van der Waals surface area (Å²) in [4.78, 5) is 44.8. The molecule has 0 unspecified atom stereocenters. The molecule has 2 heterocycles. The maximum atomic E-state index is 12.7. The van der Waals surface area contributed by atoms with Crippen molar-refractivity contribution in [2.75, 3.05) is 64.2 Å². The third kappa shape index (κ3) is 5.06. The van der Waals surface area contributed by atoms with Crippen LogP contribution in [0.1, 0.15) is 12.8 Å². The number of benzene rings is 1. The third-order valence-corrected chi connectivity index (χ3v) is 5.91. The van der Waals surface area contributed by atoms with Crippen molar-refractivity contribution in [2.45, 2.75) is 12.8 Å². The standard InChI is InChI=1S/C21H29N5O3/c27-19(16-23-8-10-25(11-9-23)20(28)17-6-7-17)24-12-14-26(15-13-24)21(29)22-18-4-2-1-3-5-18/h1-5,17H,6-16H2,(H,22,29). The van der Waals surface area contributed by atoms with Crippen molar-refractivity contribution in [2.24, 2.45) is 5.92 Å². The van der Waals surface area contributed by atoms with E-state index in [0.29, 0.717) is 38.6 Å². The molecule has 2 aliphatic heterocycles. The van der Waals surface area contributed by atoms with Crippen molar-refractivity contribution in [1.29, 1.82) is 0 Å². The minimum atomic E-state index is -0.125. The number of carbonyl (C=O) groups excluding carboxylic acids is 3. The van der Waals surface area contributed by atoms with Gasteiger partial charge in [0.05, 0.1) is 6.54 Å². The number of carbonyl (C=O) groups is 3. The number of anilines is 1. The lowest BCUT2D eigenvalue weighted by Crippen LogP contribution is -2.55. The van der Waals surface area contributed by atoms with E-state index < -0.39 is 0 Å². The van der Waals surface area contributed by atoms with E-state index in [1.54, 1.807) is 4.90 Å². The molecular weight excluding hydrogens is 370 g/mol. The van der Waals surface area contributed by atoms with Gasteiger partial charge in [0, 0.05) is 64.0 Å². The summed E-state index contributed by atoms with van der Waals surface area (Å²) in [5.74, 6) is 0.662. The Hall–Kier alpha value is -2.61. The molecule has 1 aliphatic carbocycles. The van der Waals surface area contributed by atoms with Gasteiger partial charge >= 0.3 is 6.03 Å². The summed E-state index contributed by atoms with van der Waals surface area (Å²) in [6, 6.07) is 9.26. The number of rotatable bonds is 4. The van der Waals surface area contributed by atoms with Gasteiger partial charge in [-0.2, -0.15) is 0 Å².